The van der Waals surface area contributed by atoms with E-state index in [2.05, 4.69) is 5.32 Å². The van der Waals surface area contributed by atoms with Crippen LogP contribution in [0.4, 0.5) is 0 Å². The van der Waals surface area contributed by atoms with Crippen molar-refractivity contribution in [3.8, 4) is 0 Å². The van der Waals surface area contributed by atoms with Crippen LogP contribution in [0.3, 0.4) is 0 Å². The highest BCUT2D eigenvalue weighted by molar-refractivity contribution is 5.77. The molecule has 0 aliphatic carbocycles. The van der Waals surface area contributed by atoms with Gasteiger partial charge in [0, 0.05) is 19.3 Å². The number of aliphatic hydroxyl groups excluding tert-OH is 1. The summed E-state index contributed by atoms with van der Waals surface area (Å²) in [6, 6.07) is -0.307. The molecule has 0 rings (SSSR count). The molecule has 1 atom stereocenters. The molecule has 0 aliphatic rings. The third-order valence-electron chi connectivity index (χ3n) is 5.47. The fourth-order valence-electron chi connectivity index (χ4n) is 3.57. The number of aliphatic carboxylic acids is 1. The van der Waals surface area contributed by atoms with Crippen LogP contribution < -0.4 is 5.32 Å². The maximum Gasteiger partial charge on any atom is 0.303 e. The number of carbonyl (C=O) groups excluding carboxylic acids is 2. The summed E-state index contributed by atoms with van der Waals surface area (Å²) in [7, 11) is 0. The Labute approximate surface area is 183 Å². The number of ketones is 1. The van der Waals surface area contributed by atoms with Gasteiger partial charge < -0.3 is 20.3 Å². The van der Waals surface area contributed by atoms with Crippen LogP contribution in [-0.2, 0) is 14.4 Å². The Morgan fingerprint density at radius 3 is 1.43 bits per heavy atom. The van der Waals surface area contributed by atoms with Gasteiger partial charge in [0.25, 0.3) is 0 Å². The van der Waals surface area contributed by atoms with Gasteiger partial charge in [-0.2, -0.15) is 0 Å². The summed E-state index contributed by atoms with van der Waals surface area (Å²) in [6.45, 7) is 1.40. The van der Waals surface area contributed by atoms with E-state index in [4.69, 9.17) is 5.11 Å². The first-order valence-electron chi connectivity index (χ1n) is 12.1. The van der Waals surface area contributed by atoms with E-state index in [1.807, 2.05) is 0 Å². The Hall–Kier alpha value is -1.43. The molecule has 0 spiro atoms. The maximum atomic E-state index is 11.9. The van der Waals surface area contributed by atoms with Crippen LogP contribution >= 0.6 is 0 Å². The molecule has 30 heavy (non-hydrogen) atoms. The van der Waals surface area contributed by atoms with Crippen molar-refractivity contribution < 1.29 is 24.6 Å². The number of carboxylic acid groups (broad SMARTS) is 1. The van der Waals surface area contributed by atoms with Gasteiger partial charge in [-0.1, -0.05) is 77.0 Å². The predicted octanol–water partition coefficient (Wildman–Crippen LogP) is 5.16. The number of carbonyl (C=O) groups is 3. The van der Waals surface area contributed by atoms with Gasteiger partial charge in [-0.25, -0.2) is 0 Å². The first-order chi connectivity index (χ1) is 14.5. The van der Waals surface area contributed by atoms with E-state index >= 15 is 0 Å². The number of hydrogen-bond acceptors (Lipinski definition) is 4. The zero-order chi connectivity index (χ0) is 22.5. The summed E-state index contributed by atoms with van der Waals surface area (Å²) >= 11 is 0. The van der Waals surface area contributed by atoms with E-state index in [1.54, 1.807) is 0 Å². The minimum atomic E-state index is -0.686. The van der Waals surface area contributed by atoms with Crippen molar-refractivity contribution in [3.63, 3.8) is 0 Å². The number of aliphatic hydroxyl groups is 1. The summed E-state index contributed by atoms with van der Waals surface area (Å²) in [5.41, 5.74) is 0. The van der Waals surface area contributed by atoms with Gasteiger partial charge in [-0.3, -0.25) is 9.59 Å². The summed E-state index contributed by atoms with van der Waals surface area (Å²) in [4.78, 5) is 33.3. The zero-order valence-electron chi connectivity index (χ0n) is 19.1. The second-order valence-electron chi connectivity index (χ2n) is 8.53. The van der Waals surface area contributed by atoms with Gasteiger partial charge in [0.05, 0.1) is 12.6 Å². The second-order valence-corrected chi connectivity index (χ2v) is 8.53. The highest BCUT2D eigenvalue weighted by Gasteiger charge is 2.11. The van der Waals surface area contributed by atoms with Crippen LogP contribution in [0.1, 0.15) is 122 Å². The van der Waals surface area contributed by atoms with Crippen molar-refractivity contribution in [2.24, 2.45) is 0 Å². The molecule has 0 unspecified atom stereocenters. The second kappa shape index (κ2) is 20.8. The molecule has 1 amide bonds. The van der Waals surface area contributed by atoms with Gasteiger partial charge >= 0.3 is 5.97 Å². The average molecular weight is 428 g/mol. The lowest BCUT2D eigenvalue weighted by Gasteiger charge is -2.15. The summed E-state index contributed by atoms with van der Waals surface area (Å²) in [5.74, 6) is -0.638. The van der Waals surface area contributed by atoms with Crippen LogP contribution in [0.5, 0.6) is 0 Å². The lowest BCUT2D eigenvalue weighted by molar-refractivity contribution is -0.137. The smallest absolute Gasteiger partial charge is 0.303 e. The van der Waals surface area contributed by atoms with Gasteiger partial charge in [0.2, 0.25) is 5.91 Å². The van der Waals surface area contributed by atoms with E-state index in [0.29, 0.717) is 25.7 Å². The molecular formula is C24H45NO5. The van der Waals surface area contributed by atoms with Crippen molar-refractivity contribution >= 4 is 17.7 Å². The van der Waals surface area contributed by atoms with Crippen molar-refractivity contribution in [1.29, 1.82) is 0 Å². The highest BCUT2D eigenvalue weighted by Crippen LogP contribution is 2.13. The topological polar surface area (TPSA) is 104 Å². The molecule has 0 radical (unpaired) electrons. The zero-order valence-corrected chi connectivity index (χ0v) is 19.1. The molecule has 6 nitrogen and oxygen atoms in total. The predicted molar refractivity (Wildman–Crippen MR) is 120 cm³/mol. The van der Waals surface area contributed by atoms with E-state index in [0.717, 1.165) is 38.5 Å². The number of carboxylic acids is 1. The maximum absolute atomic E-state index is 11.9. The molecule has 0 aliphatic heterocycles. The molecule has 0 saturated carbocycles. The fraction of sp³-hybridized carbons (Fsp3) is 0.875. The largest absolute Gasteiger partial charge is 0.481 e. The van der Waals surface area contributed by atoms with Gasteiger partial charge in [-0.15, -0.1) is 0 Å². The summed E-state index contributed by atoms with van der Waals surface area (Å²) < 4.78 is 0. The van der Waals surface area contributed by atoms with Gasteiger partial charge in [-0.05, 0) is 26.2 Å². The lowest BCUT2D eigenvalue weighted by Crippen LogP contribution is -2.37. The molecule has 6 heteroatoms. The van der Waals surface area contributed by atoms with E-state index < -0.39 is 5.97 Å². The van der Waals surface area contributed by atoms with E-state index in [9.17, 15) is 19.5 Å². The van der Waals surface area contributed by atoms with Crippen LogP contribution in [0.2, 0.25) is 0 Å². The number of amides is 1. The number of rotatable bonds is 22. The van der Waals surface area contributed by atoms with Crippen LogP contribution in [0.15, 0.2) is 0 Å². The minimum absolute atomic E-state index is 0.0283. The summed E-state index contributed by atoms with van der Waals surface area (Å²) in [6.07, 6.45) is 17.9. The first kappa shape index (κ1) is 28.6. The molecule has 0 fully saturated rings. The SMILES string of the molecule is CC(=O)CC[C@@H](CO)NC(=O)CCCCCCCCCCCCCCCCC(=O)O. The monoisotopic (exact) mass is 427 g/mol. The van der Waals surface area contributed by atoms with Crippen LogP contribution in [-0.4, -0.2) is 40.5 Å². The molecule has 0 bridgehead atoms. The van der Waals surface area contributed by atoms with Gasteiger partial charge in [0.15, 0.2) is 0 Å². The molecule has 0 aromatic carbocycles. The number of unbranched alkanes of at least 4 members (excludes halogenated alkanes) is 13. The van der Waals surface area contributed by atoms with E-state index in [-0.39, 0.29) is 24.3 Å². The third-order valence-corrected chi connectivity index (χ3v) is 5.47. The molecule has 0 heterocycles. The quantitative estimate of drug-likeness (QED) is 0.207. The van der Waals surface area contributed by atoms with Crippen LogP contribution in [0, 0.1) is 0 Å². The molecule has 176 valence electrons. The first-order valence-corrected chi connectivity index (χ1v) is 12.1. The molecule has 3 N–H and O–H groups in total. The van der Waals surface area contributed by atoms with Gasteiger partial charge in [0.1, 0.15) is 5.78 Å². The number of nitrogens with one attached hydrogen (secondary N) is 1. The number of hydrogen-bond donors (Lipinski definition) is 3. The highest BCUT2D eigenvalue weighted by atomic mass is 16.4. The standard InChI is InChI=1S/C24H45NO5/c1-21(27)18-19-22(20-26)25-23(28)16-14-12-10-8-6-4-2-3-5-7-9-11-13-15-17-24(29)30/h22,26H,2-20H2,1H3,(H,25,28)(H,29,30)/t22-/m0/s1. The normalized spacial score (nSPS) is 11.9. The molecular weight excluding hydrogens is 382 g/mol. The fourth-order valence-corrected chi connectivity index (χ4v) is 3.57. The average Bonchev–Trinajstić information content (AvgIpc) is 2.70. The molecule has 0 saturated heterocycles. The Morgan fingerprint density at radius 2 is 1.07 bits per heavy atom. The van der Waals surface area contributed by atoms with Crippen molar-refractivity contribution in [1.82, 2.24) is 5.32 Å². The minimum Gasteiger partial charge on any atom is -0.481 e. The summed E-state index contributed by atoms with van der Waals surface area (Å²) in [5, 5.41) is 20.7. The van der Waals surface area contributed by atoms with Crippen molar-refractivity contribution in [3.05, 3.63) is 0 Å². The number of Topliss-reactive ketones (excluding diaryl/α,β-unsaturated/α-hetero) is 1. The molecule has 0 aromatic rings. The van der Waals surface area contributed by atoms with E-state index in [1.165, 1.54) is 58.3 Å². The third kappa shape index (κ3) is 21.3. The van der Waals surface area contributed by atoms with Crippen molar-refractivity contribution in [2.75, 3.05) is 6.61 Å². The molecule has 0 aromatic heterocycles. The Balaban J connectivity index is 3.33. The Kier molecular flexibility index (Phi) is 19.8. The Bertz CT molecular complexity index is 453. The van der Waals surface area contributed by atoms with Crippen molar-refractivity contribution in [2.45, 2.75) is 129 Å². The lowest BCUT2D eigenvalue weighted by atomic mass is 10.0. The Morgan fingerprint density at radius 1 is 0.667 bits per heavy atom. The van der Waals surface area contributed by atoms with Crippen LogP contribution in [0.25, 0.3) is 0 Å².